The lowest BCUT2D eigenvalue weighted by Crippen LogP contribution is -2.41. The second-order valence-electron chi connectivity index (χ2n) is 8.08. The van der Waals surface area contributed by atoms with Crippen molar-refractivity contribution in [2.75, 3.05) is 13.1 Å². The maximum Gasteiger partial charge on any atom is 0.410 e. The Kier molecular flexibility index (Phi) is 6.20. The Hall–Kier alpha value is -1.41. The highest BCUT2D eigenvalue weighted by Crippen LogP contribution is 2.34. The van der Waals surface area contributed by atoms with Crippen LogP contribution >= 0.6 is 31.9 Å². The maximum absolute atomic E-state index is 13.6. The van der Waals surface area contributed by atoms with Crippen LogP contribution in [0.2, 0.25) is 0 Å². The van der Waals surface area contributed by atoms with Crippen molar-refractivity contribution in [2.24, 2.45) is 0 Å². The molecule has 1 fully saturated rings. The minimum absolute atomic E-state index is 0.258. The highest BCUT2D eigenvalue weighted by molar-refractivity contribution is 9.11. The number of ether oxygens (including phenoxy) is 1. The number of likely N-dealkylation sites (tertiary alicyclic amines) is 1. The van der Waals surface area contributed by atoms with Gasteiger partial charge < -0.3 is 9.64 Å². The summed E-state index contributed by atoms with van der Waals surface area (Å²) in [5.74, 6) is -0.0429. The molecule has 2 aromatic rings. The molecule has 0 bridgehead atoms. The van der Waals surface area contributed by atoms with Gasteiger partial charge in [-0.2, -0.15) is 5.10 Å². The van der Waals surface area contributed by atoms with Crippen LogP contribution < -0.4 is 0 Å². The van der Waals surface area contributed by atoms with Gasteiger partial charge in [0, 0.05) is 33.6 Å². The summed E-state index contributed by atoms with van der Waals surface area (Å²) in [4.78, 5) is 14.0. The number of piperidine rings is 1. The molecule has 1 aromatic heterocycles. The Morgan fingerprint density at radius 3 is 2.29 bits per heavy atom. The summed E-state index contributed by atoms with van der Waals surface area (Å²) in [6.45, 7) is 8.90. The largest absolute Gasteiger partial charge is 0.444 e. The van der Waals surface area contributed by atoms with Crippen molar-refractivity contribution in [3.63, 3.8) is 0 Å². The fourth-order valence-corrected chi connectivity index (χ4v) is 4.81. The van der Waals surface area contributed by atoms with Crippen molar-refractivity contribution >= 4 is 38.0 Å². The number of halogens is 3. The molecule has 0 atom stereocenters. The number of carbonyl (C=O) groups excluding carboxylic acids is 1. The van der Waals surface area contributed by atoms with E-state index < -0.39 is 5.60 Å². The van der Waals surface area contributed by atoms with Crippen molar-refractivity contribution in [1.82, 2.24) is 14.7 Å². The summed E-state index contributed by atoms with van der Waals surface area (Å²) < 4.78 is 22.1. The van der Waals surface area contributed by atoms with Gasteiger partial charge in [0.2, 0.25) is 0 Å². The molecule has 2 heterocycles. The van der Waals surface area contributed by atoms with Crippen molar-refractivity contribution < 1.29 is 13.9 Å². The van der Waals surface area contributed by atoms with E-state index in [2.05, 4.69) is 37.9 Å². The van der Waals surface area contributed by atoms with Crippen molar-refractivity contribution in [2.45, 2.75) is 52.1 Å². The quantitative estimate of drug-likeness (QED) is 0.494. The van der Waals surface area contributed by atoms with Gasteiger partial charge in [0.1, 0.15) is 11.4 Å². The van der Waals surface area contributed by atoms with Crippen LogP contribution in [-0.2, 0) is 4.74 Å². The Morgan fingerprint density at radius 2 is 1.75 bits per heavy atom. The number of rotatable bonds is 2. The Balaban J connectivity index is 1.74. The van der Waals surface area contributed by atoms with Crippen LogP contribution in [0.15, 0.2) is 27.1 Å². The average molecular weight is 517 g/mol. The van der Waals surface area contributed by atoms with Crippen LogP contribution in [0.3, 0.4) is 0 Å². The van der Waals surface area contributed by atoms with Crippen molar-refractivity contribution in [3.8, 4) is 5.69 Å². The van der Waals surface area contributed by atoms with E-state index in [-0.39, 0.29) is 17.8 Å². The molecule has 0 unspecified atom stereocenters. The van der Waals surface area contributed by atoms with Crippen LogP contribution in [0.25, 0.3) is 5.69 Å². The van der Waals surface area contributed by atoms with Gasteiger partial charge in [0.25, 0.3) is 0 Å². The molecule has 1 aromatic carbocycles. The maximum atomic E-state index is 13.6. The Morgan fingerprint density at radius 1 is 1.18 bits per heavy atom. The van der Waals surface area contributed by atoms with Crippen LogP contribution in [0, 0.1) is 12.7 Å². The van der Waals surface area contributed by atoms with Gasteiger partial charge in [-0.25, -0.2) is 13.9 Å². The summed E-state index contributed by atoms with van der Waals surface area (Å²) in [5.41, 5.74) is 2.25. The smallest absolute Gasteiger partial charge is 0.410 e. The molecule has 0 radical (unpaired) electrons. The number of amides is 1. The van der Waals surface area contributed by atoms with Gasteiger partial charge in [0.05, 0.1) is 11.4 Å². The first kappa shape index (κ1) is 21.3. The summed E-state index contributed by atoms with van der Waals surface area (Å²) in [6.07, 6.45) is 1.41. The van der Waals surface area contributed by atoms with Gasteiger partial charge in [-0.1, -0.05) is 0 Å². The topological polar surface area (TPSA) is 47.4 Å². The molecule has 3 rings (SSSR count). The highest BCUT2D eigenvalue weighted by atomic mass is 79.9. The second-order valence-corrected chi connectivity index (χ2v) is 9.79. The molecule has 0 saturated carbocycles. The van der Waals surface area contributed by atoms with E-state index in [9.17, 15) is 9.18 Å². The average Bonchev–Trinajstić information content (AvgIpc) is 2.94. The monoisotopic (exact) mass is 515 g/mol. The van der Waals surface area contributed by atoms with E-state index in [1.807, 2.05) is 32.4 Å². The van der Waals surface area contributed by atoms with E-state index in [1.54, 1.807) is 4.90 Å². The third-order valence-corrected chi connectivity index (χ3v) is 5.87. The summed E-state index contributed by atoms with van der Waals surface area (Å²) in [6, 6.07) is 4.93. The summed E-state index contributed by atoms with van der Waals surface area (Å²) in [7, 11) is 0. The number of carbonyl (C=O) groups is 1. The number of nitrogens with zero attached hydrogens (tertiary/aromatic N) is 3. The molecule has 0 N–H and O–H groups in total. The second kappa shape index (κ2) is 8.14. The Labute approximate surface area is 181 Å². The van der Waals surface area contributed by atoms with Gasteiger partial charge in [0.15, 0.2) is 0 Å². The molecule has 0 aliphatic carbocycles. The Bertz CT molecular complexity index is 861. The number of hydrogen-bond donors (Lipinski definition) is 0. The molecule has 28 heavy (non-hydrogen) atoms. The van der Waals surface area contributed by atoms with Crippen LogP contribution in [0.5, 0.6) is 0 Å². The predicted octanol–water partition coefficient (Wildman–Crippen LogP) is 5.96. The van der Waals surface area contributed by atoms with E-state index in [4.69, 9.17) is 9.84 Å². The minimum atomic E-state index is -0.486. The zero-order chi connectivity index (χ0) is 20.6. The summed E-state index contributed by atoms with van der Waals surface area (Å²) >= 11 is 6.87. The van der Waals surface area contributed by atoms with E-state index in [1.165, 1.54) is 12.1 Å². The predicted molar refractivity (Wildman–Crippen MR) is 113 cm³/mol. The lowest BCUT2D eigenvalue weighted by Gasteiger charge is -2.32. The normalized spacial score (nSPS) is 15.8. The van der Waals surface area contributed by atoms with E-state index in [0.29, 0.717) is 22.0 Å². The minimum Gasteiger partial charge on any atom is -0.444 e. The van der Waals surface area contributed by atoms with Crippen molar-refractivity contribution in [3.05, 3.63) is 44.3 Å². The van der Waals surface area contributed by atoms with Gasteiger partial charge >= 0.3 is 6.09 Å². The number of aryl methyl sites for hydroxylation is 1. The van der Waals surface area contributed by atoms with E-state index in [0.717, 1.165) is 29.9 Å². The van der Waals surface area contributed by atoms with Crippen LogP contribution in [-0.4, -0.2) is 39.5 Å². The fourth-order valence-electron chi connectivity index (χ4n) is 3.35. The molecule has 1 aliphatic rings. The first-order valence-corrected chi connectivity index (χ1v) is 10.8. The third kappa shape index (κ3) is 4.76. The lowest BCUT2D eigenvalue weighted by atomic mass is 9.94. The molecule has 5 nitrogen and oxygen atoms in total. The highest BCUT2D eigenvalue weighted by Gasteiger charge is 2.29. The fraction of sp³-hybridized carbons (Fsp3) is 0.500. The number of aromatic nitrogens is 2. The SMILES string of the molecule is Cc1cc(C2CCN(C(=O)OC(C)(C)C)CC2)nn1-c1c(Br)cc(F)cc1Br. The van der Waals surface area contributed by atoms with Crippen LogP contribution in [0.4, 0.5) is 9.18 Å². The molecular weight excluding hydrogens is 493 g/mol. The van der Waals surface area contributed by atoms with Gasteiger partial charge in [-0.05, 0) is 90.6 Å². The van der Waals surface area contributed by atoms with Gasteiger partial charge in [-0.15, -0.1) is 0 Å². The molecule has 1 saturated heterocycles. The molecule has 1 aliphatic heterocycles. The molecule has 1 amide bonds. The zero-order valence-corrected chi connectivity index (χ0v) is 19.6. The van der Waals surface area contributed by atoms with E-state index >= 15 is 0 Å². The number of hydrogen-bond acceptors (Lipinski definition) is 3. The molecule has 152 valence electrons. The zero-order valence-electron chi connectivity index (χ0n) is 16.4. The first-order chi connectivity index (χ1) is 13.0. The molecular formula is C20H24Br2FN3O2. The molecule has 0 spiro atoms. The summed E-state index contributed by atoms with van der Waals surface area (Å²) in [5, 5.41) is 4.78. The number of benzene rings is 1. The first-order valence-electron chi connectivity index (χ1n) is 9.24. The standard InChI is InChI=1S/C20H24Br2FN3O2/c1-12-9-17(24-26(12)18-15(21)10-14(23)11-16(18)22)13-5-7-25(8-6-13)19(27)28-20(2,3)4/h9-11,13H,5-8H2,1-4H3. The van der Waals surface area contributed by atoms with Crippen molar-refractivity contribution in [1.29, 1.82) is 0 Å². The van der Waals surface area contributed by atoms with Gasteiger partial charge in [-0.3, -0.25) is 0 Å². The lowest BCUT2D eigenvalue weighted by molar-refractivity contribution is 0.0204. The van der Waals surface area contributed by atoms with Crippen LogP contribution in [0.1, 0.15) is 50.9 Å². The molecule has 8 heteroatoms. The third-order valence-electron chi connectivity index (χ3n) is 4.66.